The van der Waals surface area contributed by atoms with Crippen molar-refractivity contribution in [3.05, 3.63) is 71.8 Å². The third-order valence-electron chi connectivity index (χ3n) is 3.16. The Labute approximate surface area is 133 Å². The Kier molecular flexibility index (Phi) is 7.84. The van der Waals surface area contributed by atoms with E-state index in [1.807, 2.05) is 81.4 Å². The van der Waals surface area contributed by atoms with Gasteiger partial charge in [0.15, 0.2) is 11.6 Å². The maximum absolute atomic E-state index is 11.3. The molecular weight excluding hydrogens is 272 g/mol. The first-order valence-corrected chi connectivity index (χ1v) is 7.73. The summed E-state index contributed by atoms with van der Waals surface area (Å²) >= 11 is 0. The lowest BCUT2D eigenvalue weighted by Crippen LogP contribution is -2.06. The molecule has 0 N–H and O–H groups in total. The summed E-state index contributed by atoms with van der Waals surface area (Å²) in [5, 5.41) is 0. The molecule has 116 valence electrons. The summed E-state index contributed by atoms with van der Waals surface area (Å²) in [7, 11) is 0. The van der Waals surface area contributed by atoms with Crippen LogP contribution in [0.5, 0.6) is 0 Å². The van der Waals surface area contributed by atoms with Crippen molar-refractivity contribution in [2.75, 3.05) is 0 Å². The number of Topliss-reactive ketones (excluding diaryl/α,β-unsaturated/α-hetero) is 2. The smallest absolute Gasteiger partial charge is 0.165 e. The minimum atomic E-state index is 0.0948. The van der Waals surface area contributed by atoms with Crippen LogP contribution in [0.1, 0.15) is 54.3 Å². The monoisotopic (exact) mass is 296 g/mol. The Hall–Kier alpha value is -2.22. The summed E-state index contributed by atoms with van der Waals surface area (Å²) in [6, 6.07) is 18.8. The van der Waals surface area contributed by atoms with Gasteiger partial charge in [-0.05, 0) is 6.42 Å². The highest BCUT2D eigenvalue weighted by molar-refractivity contribution is 5.97. The Morgan fingerprint density at radius 2 is 1.27 bits per heavy atom. The fraction of sp³-hybridized carbons (Fsp3) is 0.300. The zero-order valence-corrected chi connectivity index (χ0v) is 13.6. The molecule has 0 heterocycles. The average molecular weight is 296 g/mol. The molecular formula is C20H24O2. The van der Waals surface area contributed by atoms with Crippen molar-refractivity contribution in [3.63, 3.8) is 0 Å². The molecule has 0 saturated carbocycles. The standard InChI is InChI=1S/2C10H12O/c1-8(2)10(11)9-6-4-3-5-7-9;1-2-6-10(11)9-7-4-3-5-8-9/h3-8H,1-2H3;3-5,7-8H,2,6H2,1H3. The zero-order chi connectivity index (χ0) is 16.4. The lowest BCUT2D eigenvalue weighted by atomic mass is 10.0. The molecule has 0 unspecified atom stereocenters. The van der Waals surface area contributed by atoms with Crippen LogP contribution in [0.3, 0.4) is 0 Å². The number of carbonyl (C=O) groups is 2. The van der Waals surface area contributed by atoms with E-state index in [9.17, 15) is 9.59 Å². The van der Waals surface area contributed by atoms with Gasteiger partial charge in [-0.15, -0.1) is 0 Å². The lowest BCUT2D eigenvalue weighted by molar-refractivity contribution is 0.0938. The van der Waals surface area contributed by atoms with Crippen LogP contribution in [0, 0.1) is 5.92 Å². The molecule has 0 amide bonds. The molecule has 2 aromatic rings. The molecule has 0 bridgehead atoms. The molecule has 0 spiro atoms. The molecule has 0 radical (unpaired) electrons. The molecule has 2 rings (SSSR count). The number of carbonyl (C=O) groups excluding carboxylic acids is 2. The molecule has 0 aliphatic carbocycles. The summed E-state index contributed by atoms with van der Waals surface area (Å²) in [5.74, 6) is 0.552. The number of benzene rings is 2. The largest absolute Gasteiger partial charge is 0.294 e. The van der Waals surface area contributed by atoms with E-state index >= 15 is 0 Å². The molecule has 22 heavy (non-hydrogen) atoms. The normalized spacial score (nSPS) is 9.82. The minimum absolute atomic E-state index is 0.0948. The fourth-order valence-corrected chi connectivity index (χ4v) is 1.93. The predicted octanol–water partition coefficient (Wildman–Crippen LogP) is 5.19. The van der Waals surface area contributed by atoms with E-state index < -0.39 is 0 Å². The second kappa shape index (κ2) is 9.67. The second-order valence-corrected chi connectivity index (χ2v) is 5.42. The van der Waals surface area contributed by atoms with Crippen molar-refractivity contribution in [1.82, 2.24) is 0 Å². The Bertz CT molecular complexity index is 571. The maximum atomic E-state index is 11.3. The van der Waals surface area contributed by atoms with Crippen molar-refractivity contribution < 1.29 is 9.59 Å². The molecule has 2 nitrogen and oxygen atoms in total. The SMILES string of the molecule is CC(C)C(=O)c1ccccc1.CCCC(=O)c1ccccc1. The Morgan fingerprint density at radius 3 is 1.68 bits per heavy atom. The summed E-state index contributed by atoms with van der Waals surface area (Å²) in [6.07, 6.45) is 1.58. The summed E-state index contributed by atoms with van der Waals surface area (Å²) in [4.78, 5) is 22.6. The summed E-state index contributed by atoms with van der Waals surface area (Å²) < 4.78 is 0. The van der Waals surface area contributed by atoms with E-state index in [1.54, 1.807) is 0 Å². The lowest BCUT2D eigenvalue weighted by Gasteiger charge is -2.01. The van der Waals surface area contributed by atoms with Gasteiger partial charge < -0.3 is 0 Å². The van der Waals surface area contributed by atoms with Gasteiger partial charge >= 0.3 is 0 Å². The van der Waals surface area contributed by atoms with Gasteiger partial charge in [-0.25, -0.2) is 0 Å². The molecule has 2 aromatic carbocycles. The van der Waals surface area contributed by atoms with Crippen LogP contribution in [0.4, 0.5) is 0 Å². The average Bonchev–Trinajstić information content (AvgIpc) is 2.56. The molecule has 0 aromatic heterocycles. The number of hydrogen-bond donors (Lipinski definition) is 0. The molecule has 0 saturated heterocycles. The van der Waals surface area contributed by atoms with E-state index in [-0.39, 0.29) is 17.5 Å². The van der Waals surface area contributed by atoms with Crippen molar-refractivity contribution in [3.8, 4) is 0 Å². The number of rotatable bonds is 5. The zero-order valence-electron chi connectivity index (χ0n) is 13.6. The quantitative estimate of drug-likeness (QED) is 0.711. The van der Waals surface area contributed by atoms with Crippen LogP contribution in [-0.4, -0.2) is 11.6 Å². The topological polar surface area (TPSA) is 34.1 Å². The van der Waals surface area contributed by atoms with Gasteiger partial charge in [-0.2, -0.15) is 0 Å². The van der Waals surface area contributed by atoms with Crippen LogP contribution >= 0.6 is 0 Å². The van der Waals surface area contributed by atoms with Crippen LogP contribution in [0.25, 0.3) is 0 Å². The van der Waals surface area contributed by atoms with Gasteiger partial charge in [0, 0.05) is 23.5 Å². The van der Waals surface area contributed by atoms with Gasteiger partial charge in [0.2, 0.25) is 0 Å². The van der Waals surface area contributed by atoms with Gasteiger partial charge in [0.05, 0.1) is 0 Å². The van der Waals surface area contributed by atoms with Crippen LogP contribution < -0.4 is 0 Å². The maximum Gasteiger partial charge on any atom is 0.165 e. The van der Waals surface area contributed by atoms with Crippen LogP contribution in [0.15, 0.2) is 60.7 Å². The highest BCUT2D eigenvalue weighted by atomic mass is 16.1. The minimum Gasteiger partial charge on any atom is -0.294 e. The Balaban J connectivity index is 0.000000220. The van der Waals surface area contributed by atoms with Gasteiger partial charge in [-0.3, -0.25) is 9.59 Å². The van der Waals surface area contributed by atoms with Crippen molar-refractivity contribution in [2.24, 2.45) is 5.92 Å². The summed E-state index contributed by atoms with van der Waals surface area (Å²) in [5.41, 5.74) is 1.64. The predicted molar refractivity (Wildman–Crippen MR) is 91.3 cm³/mol. The van der Waals surface area contributed by atoms with Crippen molar-refractivity contribution in [1.29, 1.82) is 0 Å². The third kappa shape index (κ3) is 6.04. The van der Waals surface area contributed by atoms with Crippen molar-refractivity contribution in [2.45, 2.75) is 33.6 Å². The van der Waals surface area contributed by atoms with E-state index in [4.69, 9.17) is 0 Å². The van der Waals surface area contributed by atoms with Gasteiger partial charge in [0.25, 0.3) is 0 Å². The number of hydrogen-bond acceptors (Lipinski definition) is 2. The van der Waals surface area contributed by atoms with E-state index in [2.05, 4.69) is 0 Å². The van der Waals surface area contributed by atoms with Crippen molar-refractivity contribution >= 4 is 11.6 Å². The fourth-order valence-electron chi connectivity index (χ4n) is 1.93. The first-order valence-electron chi connectivity index (χ1n) is 7.73. The third-order valence-corrected chi connectivity index (χ3v) is 3.16. The van der Waals surface area contributed by atoms with E-state index in [0.29, 0.717) is 6.42 Å². The molecule has 0 atom stereocenters. The van der Waals surface area contributed by atoms with E-state index in [1.165, 1.54) is 0 Å². The highest BCUT2D eigenvalue weighted by Gasteiger charge is 2.08. The van der Waals surface area contributed by atoms with Crippen LogP contribution in [0.2, 0.25) is 0 Å². The first-order chi connectivity index (χ1) is 10.6. The van der Waals surface area contributed by atoms with Gasteiger partial charge in [-0.1, -0.05) is 81.4 Å². The van der Waals surface area contributed by atoms with Crippen LogP contribution in [-0.2, 0) is 0 Å². The molecule has 0 aliphatic heterocycles. The van der Waals surface area contributed by atoms with Gasteiger partial charge in [0.1, 0.15) is 0 Å². The molecule has 0 fully saturated rings. The number of ketones is 2. The summed E-state index contributed by atoms with van der Waals surface area (Å²) in [6.45, 7) is 5.84. The molecule has 2 heteroatoms. The van der Waals surface area contributed by atoms with E-state index in [0.717, 1.165) is 17.5 Å². The highest BCUT2D eigenvalue weighted by Crippen LogP contribution is 2.06. The Morgan fingerprint density at radius 1 is 0.818 bits per heavy atom. The first kappa shape index (κ1) is 17.8. The molecule has 0 aliphatic rings. The second-order valence-electron chi connectivity index (χ2n) is 5.42.